The van der Waals surface area contributed by atoms with E-state index in [0.29, 0.717) is 12.0 Å². The van der Waals surface area contributed by atoms with Crippen LogP contribution in [0.5, 0.6) is 0 Å². The Balaban J connectivity index is 2.03. The molecule has 20 heavy (non-hydrogen) atoms. The number of hydrogen-bond donors (Lipinski definition) is 2. The van der Waals surface area contributed by atoms with Crippen molar-refractivity contribution in [3.05, 3.63) is 0 Å². The van der Waals surface area contributed by atoms with Crippen molar-refractivity contribution in [2.75, 3.05) is 33.3 Å². The summed E-state index contributed by atoms with van der Waals surface area (Å²) in [7, 11) is 2.09. The number of nitrogens with zero attached hydrogens (tertiary/aromatic N) is 1. The van der Waals surface area contributed by atoms with Gasteiger partial charge in [-0.1, -0.05) is 32.6 Å². The van der Waals surface area contributed by atoms with Gasteiger partial charge in [-0.25, -0.2) is 0 Å². The van der Waals surface area contributed by atoms with Gasteiger partial charge in [0.1, 0.15) is 0 Å². The van der Waals surface area contributed by atoms with Crippen molar-refractivity contribution in [3.63, 3.8) is 0 Å². The average Bonchev–Trinajstić information content (AvgIpc) is 2.92. The molecule has 0 heterocycles. The number of aliphatic hydroxyl groups is 1. The molecular weight excluding hydrogens is 248 g/mol. The van der Waals surface area contributed by atoms with E-state index in [-0.39, 0.29) is 0 Å². The molecule has 2 atom stereocenters. The van der Waals surface area contributed by atoms with Crippen LogP contribution in [0.4, 0.5) is 0 Å². The summed E-state index contributed by atoms with van der Waals surface area (Å²) in [6.07, 6.45) is 10.9. The molecule has 0 aromatic carbocycles. The van der Waals surface area contributed by atoms with Crippen LogP contribution in [0.2, 0.25) is 0 Å². The maximum atomic E-state index is 9.44. The Morgan fingerprint density at radius 3 is 2.55 bits per heavy atom. The van der Waals surface area contributed by atoms with Crippen molar-refractivity contribution < 1.29 is 5.11 Å². The lowest BCUT2D eigenvalue weighted by atomic mass is 9.69. The molecule has 2 saturated carbocycles. The van der Waals surface area contributed by atoms with Gasteiger partial charge in [0.15, 0.2) is 0 Å². The van der Waals surface area contributed by atoms with E-state index in [0.717, 1.165) is 25.0 Å². The Kier molecular flexibility index (Phi) is 6.31. The highest BCUT2D eigenvalue weighted by Gasteiger charge is 2.37. The molecule has 2 fully saturated rings. The lowest BCUT2D eigenvalue weighted by Crippen LogP contribution is -2.49. The first kappa shape index (κ1) is 16.3. The summed E-state index contributed by atoms with van der Waals surface area (Å²) in [5.41, 5.74) is 0.435. The fourth-order valence-electron chi connectivity index (χ4n) is 4.72. The van der Waals surface area contributed by atoms with Gasteiger partial charge in [0.05, 0.1) is 6.61 Å². The van der Waals surface area contributed by atoms with Crippen molar-refractivity contribution >= 4 is 0 Å². The lowest BCUT2D eigenvalue weighted by molar-refractivity contribution is 0.0494. The second-order valence-electron chi connectivity index (χ2n) is 7.36. The van der Waals surface area contributed by atoms with Gasteiger partial charge in [-0.05, 0) is 44.1 Å². The zero-order valence-electron chi connectivity index (χ0n) is 13.5. The number of nitrogens with one attached hydrogen (secondary N) is 1. The van der Waals surface area contributed by atoms with Gasteiger partial charge in [0.25, 0.3) is 0 Å². The summed E-state index contributed by atoms with van der Waals surface area (Å²) in [5, 5.41) is 12.9. The van der Waals surface area contributed by atoms with E-state index in [2.05, 4.69) is 24.2 Å². The molecule has 0 aliphatic heterocycles. The summed E-state index contributed by atoms with van der Waals surface area (Å²) in [6.45, 7) is 5.90. The zero-order chi connectivity index (χ0) is 14.4. The van der Waals surface area contributed by atoms with Crippen LogP contribution in [-0.2, 0) is 0 Å². The van der Waals surface area contributed by atoms with Gasteiger partial charge < -0.3 is 10.4 Å². The van der Waals surface area contributed by atoms with E-state index < -0.39 is 0 Å². The van der Waals surface area contributed by atoms with E-state index in [1.165, 1.54) is 57.9 Å². The molecule has 2 aliphatic rings. The monoisotopic (exact) mass is 282 g/mol. The fraction of sp³-hybridized carbons (Fsp3) is 1.00. The zero-order valence-corrected chi connectivity index (χ0v) is 13.5. The first-order valence-electron chi connectivity index (χ1n) is 8.68. The van der Waals surface area contributed by atoms with E-state index in [9.17, 15) is 5.11 Å². The highest BCUT2D eigenvalue weighted by atomic mass is 16.3. The predicted octanol–water partition coefficient (Wildman–Crippen LogP) is 2.64. The van der Waals surface area contributed by atoms with Gasteiger partial charge >= 0.3 is 0 Å². The Hall–Kier alpha value is -0.120. The summed E-state index contributed by atoms with van der Waals surface area (Å²) in [6, 6.07) is 0.730. The molecular formula is C17H34N2O. The third kappa shape index (κ3) is 4.19. The molecule has 0 radical (unpaired) electrons. The van der Waals surface area contributed by atoms with Crippen molar-refractivity contribution in [3.8, 4) is 0 Å². The van der Waals surface area contributed by atoms with E-state index in [1.54, 1.807) is 0 Å². The van der Waals surface area contributed by atoms with Gasteiger partial charge in [-0.15, -0.1) is 0 Å². The SMILES string of the molecule is CNCC1(CN(CCO)C2CCCC2)CCCC(C)C1. The van der Waals surface area contributed by atoms with Crippen LogP contribution in [0.25, 0.3) is 0 Å². The van der Waals surface area contributed by atoms with Crippen LogP contribution in [0.3, 0.4) is 0 Å². The number of hydrogen-bond acceptors (Lipinski definition) is 3. The summed E-state index contributed by atoms with van der Waals surface area (Å²) in [5.74, 6) is 0.858. The minimum atomic E-state index is 0.307. The van der Waals surface area contributed by atoms with Crippen LogP contribution in [0, 0.1) is 11.3 Å². The molecule has 2 rings (SSSR count). The molecule has 0 bridgehead atoms. The van der Waals surface area contributed by atoms with Crippen molar-refractivity contribution in [1.82, 2.24) is 10.2 Å². The minimum Gasteiger partial charge on any atom is -0.395 e. The molecule has 2 N–H and O–H groups in total. The van der Waals surface area contributed by atoms with Gasteiger partial charge in [0.2, 0.25) is 0 Å². The van der Waals surface area contributed by atoms with Crippen molar-refractivity contribution in [1.29, 1.82) is 0 Å². The van der Waals surface area contributed by atoms with Gasteiger partial charge in [-0.3, -0.25) is 4.90 Å². The second kappa shape index (κ2) is 7.77. The van der Waals surface area contributed by atoms with Crippen LogP contribution in [-0.4, -0.2) is 49.3 Å². The molecule has 2 unspecified atom stereocenters. The normalized spacial score (nSPS) is 32.1. The third-order valence-electron chi connectivity index (χ3n) is 5.50. The largest absolute Gasteiger partial charge is 0.395 e. The van der Waals surface area contributed by atoms with Crippen molar-refractivity contribution in [2.24, 2.45) is 11.3 Å². The highest BCUT2D eigenvalue weighted by molar-refractivity contribution is 4.91. The van der Waals surface area contributed by atoms with Crippen LogP contribution < -0.4 is 5.32 Å². The molecule has 0 amide bonds. The Labute approximate surface area is 125 Å². The minimum absolute atomic E-state index is 0.307. The van der Waals surface area contributed by atoms with E-state index >= 15 is 0 Å². The number of aliphatic hydroxyl groups excluding tert-OH is 1. The maximum absolute atomic E-state index is 9.44. The fourth-order valence-corrected chi connectivity index (χ4v) is 4.72. The smallest absolute Gasteiger partial charge is 0.0558 e. The standard InChI is InChI=1S/C17H34N2O/c1-15-6-5-9-17(12-15,13-18-2)14-19(10-11-20)16-7-3-4-8-16/h15-16,18,20H,3-14H2,1-2H3. The second-order valence-corrected chi connectivity index (χ2v) is 7.36. The maximum Gasteiger partial charge on any atom is 0.0558 e. The molecule has 0 saturated heterocycles. The van der Waals surface area contributed by atoms with Crippen molar-refractivity contribution in [2.45, 2.75) is 64.3 Å². The third-order valence-corrected chi connectivity index (χ3v) is 5.50. The molecule has 2 aliphatic carbocycles. The lowest BCUT2D eigenvalue weighted by Gasteiger charge is -2.45. The predicted molar refractivity (Wildman–Crippen MR) is 84.9 cm³/mol. The summed E-state index contributed by atoms with van der Waals surface area (Å²) >= 11 is 0. The van der Waals surface area contributed by atoms with Crippen LogP contribution in [0.15, 0.2) is 0 Å². The molecule has 3 heteroatoms. The van der Waals surface area contributed by atoms with Gasteiger partial charge in [-0.2, -0.15) is 0 Å². The first-order valence-corrected chi connectivity index (χ1v) is 8.68. The Morgan fingerprint density at radius 2 is 1.95 bits per heavy atom. The molecule has 0 spiro atoms. The molecule has 118 valence electrons. The Bertz CT molecular complexity index is 274. The average molecular weight is 282 g/mol. The summed E-state index contributed by atoms with van der Waals surface area (Å²) < 4.78 is 0. The first-order chi connectivity index (χ1) is 9.69. The number of rotatable bonds is 7. The van der Waals surface area contributed by atoms with Crippen LogP contribution in [0.1, 0.15) is 58.3 Å². The van der Waals surface area contributed by atoms with E-state index in [4.69, 9.17) is 0 Å². The van der Waals surface area contributed by atoms with E-state index in [1.807, 2.05) is 0 Å². The molecule has 0 aromatic heterocycles. The van der Waals surface area contributed by atoms with Crippen LogP contribution >= 0.6 is 0 Å². The highest BCUT2D eigenvalue weighted by Crippen LogP contribution is 2.40. The quantitative estimate of drug-likeness (QED) is 0.753. The Morgan fingerprint density at radius 1 is 1.20 bits per heavy atom. The molecule has 0 aromatic rings. The topological polar surface area (TPSA) is 35.5 Å². The summed E-state index contributed by atoms with van der Waals surface area (Å²) in [4.78, 5) is 2.61. The molecule has 3 nitrogen and oxygen atoms in total. The van der Waals surface area contributed by atoms with Gasteiger partial charge in [0, 0.05) is 25.7 Å².